The Morgan fingerprint density at radius 1 is 1.24 bits per heavy atom. The highest BCUT2D eigenvalue weighted by atomic mass is 35.5. The molecule has 2 aromatic rings. The maximum Gasteiger partial charge on any atom is 0.414 e. The summed E-state index contributed by atoms with van der Waals surface area (Å²) >= 11 is 12.0. The van der Waals surface area contributed by atoms with E-state index in [0.717, 1.165) is 0 Å². The third kappa shape index (κ3) is 3.97. The van der Waals surface area contributed by atoms with Crippen LogP contribution in [0, 0.1) is 0 Å². The van der Waals surface area contributed by atoms with Crippen LogP contribution in [0.1, 0.15) is 10.4 Å². The first-order valence-corrected chi connectivity index (χ1v) is 8.09. The number of hydrogen-bond acceptors (Lipinski definition) is 4. The van der Waals surface area contributed by atoms with Crippen molar-refractivity contribution in [3.63, 3.8) is 0 Å². The third-order valence-corrected chi connectivity index (χ3v) is 4.15. The molecule has 1 N–H and O–H groups in total. The van der Waals surface area contributed by atoms with Gasteiger partial charge < -0.3 is 14.6 Å². The van der Waals surface area contributed by atoms with Gasteiger partial charge >= 0.3 is 12.1 Å². The lowest BCUT2D eigenvalue weighted by Gasteiger charge is -2.15. The molecule has 1 fully saturated rings. The minimum atomic E-state index is -1.01. The van der Waals surface area contributed by atoms with Crippen molar-refractivity contribution in [2.45, 2.75) is 6.10 Å². The molecule has 0 radical (unpaired) electrons. The molecule has 0 spiro atoms. The molecule has 8 heteroatoms. The molecule has 130 valence electrons. The lowest BCUT2D eigenvalue weighted by Crippen LogP contribution is -2.26. The zero-order valence-electron chi connectivity index (χ0n) is 12.8. The molecule has 1 heterocycles. The molecule has 1 unspecified atom stereocenters. The number of rotatable bonds is 5. The number of aromatic carboxylic acids is 1. The van der Waals surface area contributed by atoms with Crippen LogP contribution >= 0.6 is 23.2 Å². The molecule has 0 saturated carbocycles. The summed E-state index contributed by atoms with van der Waals surface area (Å²) in [6.07, 6.45) is -0.988. The van der Waals surface area contributed by atoms with Crippen molar-refractivity contribution in [2.75, 3.05) is 18.1 Å². The Bertz CT molecular complexity index is 809. The summed E-state index contributed by atoms with van der Waals surface area (Å²) in [4.78, 5) is 24.3. The zero-order valence-corrected chi connectivity index (χ0v) is 14.3. The van der Waals surface area contributed by atoms with Crippen LogP contribution in [0.5, 0.6) is 5.75 Å². The minimum absolute atomic E-state index is 0.139. The predicted molar refractivity (Wildman–Crippen MR) is 93.0 cm³/mol. The molecular weight excluding hydrogens is 369 g/mol. The number of ether oxygens (including phenoxy) is 2. The van der Waals surface area contributed by atoms with E-state index in [9.17, 15) is 9.59 Å². The molecule has 0 bridgehead atoms. The number of amides is 1. The van der Waals surface area contributed by atoms with Gasteiger partial charge in [0.05, 0.1) is 22.8 Å². The minimum Gasteiger partial charge on any atom is -0.490 e. The van der Waals surface area contributed by atoms with E-state index >= 15 is 0 Å². The second kappa shape index (κ2) is 7.21. The van der Waals surface area contributed by atoms with Gasteiger partial charge in [-0.1, -0.05) is 23.2 Å². The van der Waals surface area contributed by atoms with E-state index in [0.29, 0.717) is 21.5 Å². The highest BCUT2D eigenvalue weighted by Crippen LogP contribution is 2.31. The zero-order chi connectivity index (χ0) is 18.0. The van der Waals surface area contributed by atoms with E-state index in [-0.39, 0.29) is 18.7 Å². The van der Waals surface area contributed by atoms with Gasteiger partial charge in [-0.05, 0) is 42.5 Å². The van der Waals surface area contributed by atoms with Crippen LogP contribution in [-0.4, -0.2) is 36.4 Å². The number of benzene rings is 2. The Labute approximate surface area is 153 Å². The van der Waals surface area contributed by atoms with E-state index in [2.05, 4.69) is 0 Å². The SMILES string of the molecule is O=C(O)c1ccc(OCC2CN(c3ccc(Cl)cc3Cl)C(=O)O2)cc1. The Kier molecular flexibility index (Phi) is 5.01. The maximum absolute atomic E-state index is 12.0. The molecule has 1 amide bonds. The van der Waals surface area contributed by atoms with Crippen LogP contribution in [0.25, 0.3) is 0 Å². The van der Waals surface area contributed by atoms with Gasteiger partial charge in [0.2, 0.25) is 0 Å². The lowest BCUT2D eigenvalue weighted by molar-refractivity contribution is 0.0696. The summed E-state index contributed by atoms with van der Waals surface area (Å²) in [6.45, 7) is 0.424. The van der Waals surface area contributed by atoms with Crippen LogP contribution in [0.2, 0.25) is 10.0 Å². The highest BCUT2D eigenvalue weighted by molar-refractivity contribution is 6.36. The van der Waals surface area contributed by atoms with Crippen molar-refractivity contribution in [3.8, 4) is 5.75 Å². The van der Waals surface area contributed by atoms with Crippen molar-refractivity contribution >= 4 is 41.0 Å². The second-order valence-corrected chi connectivity index (χ2v) is 6.20. The number of hydrogen-bond donors (Lipinski definition) is 1. The van der Waals surface area contributed by atoms with Gasteiger partial charge in [-0.3, -0.25) is 4.90 Å². The molecule has 2 aromatic carbocycles. The van der Waals surface area contributed by atoms with Crippen LogP contribution in [0.15, 0.2) is 42.5 Å². The van der Waals surface area contributed by atoms with E-state index in [4.69, 9.17) is 37.8 Å². The molecule has 1 atom stereocenters. The van der Waals surface area contributed by atoms with Gasteiger partial charge in [0.1, 0.15) is 12.4 Å². The molecule has 0 aliphatic carbocycles. The molecule has 6 nitrogen and oxygen atoms in total. The van der Waals surface area contributed by atoms with Crippen LogP contribution < -0.4 is 9.64 Å². The van der Waals surface area contributed by atoms with Crippen LogP contribution in [0.4, 0.5) is 10.5 Å². The Morgan fingerprint density at radius 2 is 1.96 bits per heavy atom. The van der Waals surface area contributed by atoms with Crippen molar-refractivity contribution < 1.29 is 24.2 Å². The third-order valence-electron chi connectivity index (χ3n) is 3.61. The average molecular weight is 382 g/mol. The van der Waals surface area contributed by atoms with E-state index in [1.165, 1.54) is 17.0 Å². The summed E-state index contributed by atoms with van der Waals surface area (Å²) in [7, 11) is 0. The van der Waals surface area contributed by atoms with Crippen LogP contribution in [0.3, 0.4) is 0 Å². The topological polar surface area (TPSA) is 76.1 Å². The average Bonchev–Trinajstić information content (AvgIpc) is 2.94. The summed E-state index contributed by atoms with van der Waals surface area (Å²) in [5, 5.41) is 9.70. The van der Waals surface area contributed by atoms with Crippen molar-refractivity contribution in [1.82, 2.24) is 0 Å². The number of carboxylic acids is 1. The van der Waals surface area contributed by atoms with E-state index < -0.39 is 18.2 Å². The fourth-order valence-electron chi connectivity index (χ4n) is 2.39. The number of nitrogens with zero attached hydrogens (tertiary/aromatic N) is 1. The lowest BCUT2D eigenvalue weighted by atomic mass is 10.2. The Morgan fingerprint density at radius 3 is 2.60 bits per heavy atom. The van der Waals surface area contributed by atoms with Crippen molar-refractivity contribution in [1.29, 1.82) is 0 Å². The number of carbonyl (C=O) groups is 2. The number of anilines is 1. The largest absolute Gasteiger partial charge is 0.490 e. The normalized spacial score (nSPS) is 16.6. The fourth-order valence-corrected chi connectivity index (χ4v) is 2.90. The number of cyclic esters (lactones) is 1. The van der Waals surface area contributed by atoms with Gasteiger partial charge in [0.15, 0.2) is 6.10 Å². The smallest absolute Gasteiger partial charge is 0.414 e. The highest BCUT2D eigenvalue weighted by Gasteiger charge is 2.33. The number of carbonyl (C=O) groups excluding carboxylic acids is 1. The Hall–Kier alpha value is -2.44. The maximum atomic E-state index is 12.0. The van der Waals surface area contributed by atoms with Crippen molar-refractivity contribution in [3.05, 3.63) is 58.1 Å². The molecule has 1 aliphatic heterocycles. The van der Waals surface area contributed by atoms with E-state index in [1.54, 1.807) is 30.3 Å². The molecule has 3 rings (SSSR count). The molecule has 1 saturated heterocycles. The van der Waals surface area contributed by atoms with E-state index in [1.807, 2.05) is 0 Å². The molecule has 0 aromatic heterocycles. The Balaban J connectivity index is 1.62. The molecule has 1 aliphatic rings. The summed E-state index contributed by atoms with van der Waals surface area (Å²) < 4.78 is 10.8. The van der Waals surface area contributed by atoms with Crippen LogP contribution in [-0.2, 0) is 4.74 Å². The van der Waals surface area contributed by atoms with Gasteiger partial charge in [-0.2, -0.15) is 0 Å². The van der Waals surface area contributed by atoms with Gasteiger partial charge in [0.25, 0.3) is 0 Å². The first-order valence-electron chi connectivity index (χ1n) is 7.33. The standard InChI is InChI=1S/C17H13Cl2NO5/c18-11-3-6-15(14(19)7-11)20-8-13(25-17(20)23)9-24-12-4-1-10(2-5-12)16(21)22/h1-7,13H,8-9H2,(H,21,22). The van der Waals surface area contributed by atoms with Crippen molar-refractivity contribution in [2.24, 2.45) is 0 Å². The first-order chi connectivity index (χ1) is 11.9. The summed E-state index contributed by atoms with van der Waals surface area (Å²) in [6, 6.07) is 10.8. The second-order valence-electron chi connectivity index (χ2n) is 5.35. The van der Waals surface area contributed by atoms with Gasteiger partial charge in [0, 0.05) is 5.02 Å². The summed E-state index contributed by atoms with van der Waals surface area (Å²) in [5.74, 6) is -0.518. The summed E-state index contributed by atoms with van der Waals surface area (Å²) in [5.41, 5.74) is 0.688. The molecule has 25 heavy (non-hydrogen) atoms. The monoisotopic (exact) mass is 381 g/mol. The molecular formula is C17H13Cl2NO5. The quantitative estimate of drug-likeness (QED) is 0.843. The fraction of sp³-hybridized carbons (Fsp3) is 0.176. The van der Waals surface area contributed by atoms with Gasteiger partial charge in [-0.25, -0.2) is 9.59 Å². The number of carboxylic acid groups (broad SMARTS) is 1. The predicted octanol–water partition coefficient (Wildman–Crippen LogP) is 4.10. The first kappa shape index (κ1) is 17.4. The van der Waals surface area contributed by atoms with Gasteiger partial charge in [-0.15, -0.1) is 0 Å². The number of halogens is 2.